The van der Waals surface area contributed by atoms with Crippen LogP contribution in [0.4, 0.5) is 0 Å². The van der Waals surface area contributed by atoms with E-state index in [0.29, 0.717) is 12.1 Å². The fourth-order valence-corrected chi connectivity index (χ4v) is 8.03. The van der Waals surface area contributed by atoms with Gasteiger partial charge < -0.3 is 43.6 Å². The average molecular weight is 590 g/mol. The van der Waals surface area contributed by atoms with Gasteiger partial charge in [0, 0.05) is 56.6 Å². The zero-order valence-corrected chi connectivity index (χ0v) is 24.8. The summed E-state index contributed by atoms with van der Waals surface area (Å²) in [5.74, 6) is -3.46. The topological polar surface area (TPSA) is 146 Å². The van der Waals surface area contributed by atoms with Crippen molar-refractivity contribution >= 4 is 11.9 Å². The van der Waals surface area contributed by atoms with Gasteiger partial charge in [-0.2, -0.15) is 0 Å². The highest BCUT2D eigenvalue weighted by molar-refractivity contribution is 5.87. The van der Waals surface area contributed by atoms with Gasteiger partial charge >= 0.3 is 11.9 Å². The first-order valence-electron chi connectivity index (χ1n) is 14.6. The van der Waals surface area contributed by atoms with Crippen LogP contribution in [0.15, 0.2) is 42.1 Å². The number of cyclic esters (lactones) is 1. The normalized spacial score (nSPS) is 41.3. The van der Waals surface area contributed by atoms with Gasteiger partial charge in [0.25, 0.3) is 0 Å². The van der Waals surface area contributed by atoms with Crippen LogP contribution < -0.4 is 0 Å². The van der Waals surface area contributed by atoms with Crippen LogP contribution in [0.3, 0.4) is 0 Å². The zero-order chi connectivity index (χ0) is 30.2. The largest absolute Gasteiger partial charge is 0.459 e. The van der Waals surface area contributed by atoms with Crippen molar-refractivity contribution in [1.82, 2.24) is 4.98 Å². The van der Waals surface area contributed by atoms with Gasteiger partial charge in [0.05, 0.1) is 44.1 Å². The highest BCUT2D eigenvalue weighted by Crippen LogP contribution is 2.62. The second-order valence-corrected chi connectivity index (χ2v) is 12.0. The highest BCUT2D eigenvalue weighted by atomic mass is 16.6. The number of carbonyl (C=O) groups excluding carboxylic acids is 2. The zero-order valence-electron chi connectivity index (χ0n) is 24.8. The van der Waals surface area contributed by atoms with Crippen molar-refractivity contribution in [2.24, 2.45) is 35.0 Å². The minimum absolute atomic E-state index is 0.00857. The van der Waals surface area contributed by atoms with E-state index < -0.39 is 71.7 Å². The predicted octanol–water partition coefficient (Wildman–Crippen LogP) is 1.90. The third-order valence-corrected chi connectivity index (χ3v) is 9.76. The van der Waals surface area contributed by atoms with Crippen LogP contribution in [0, 0.1) is 35.0 Å². The molecule has 12 atom stereocenters. The van der Waals surface area contributed by atoms with Crippen molar-refractivity contribution < 1.29 is 48.2 Å². The van der Waals surface area contributed by atoms with Crippen LogP contribution in [0.1, 0.15) is 30.8 Å². The summed E-state index contributed by atoms with van der Waals surface area (Å²) in [5.41, 5.74) is 0.434. The lowest BCUT2D eigenvalue weighted by Crippen LogP contribution is -2.66. The molecule has 0 unspecified atom stereocenters. The van der Waals surface area contributed by atoms with Crippen LogP contribution in [-0.4, -0.2) is 105 Å². The summed E-state index contributed by atoms with van der Waals surface area (Å²) < 4.78 is 35.0. The lowest BCUT2D eigenvalue weighted by atomic mass is 9.51. The maximum absolute atomic E-state index is 13.8. The average Bonchev–Trinajstić information content (AvgIpc) is 3.64. The minimum atomic E-state index is -1.03. The number of aromatic nitrogens is 1. The number of ether oxygens (including phenoxy) is 6. The standard InChI is InChI=1S/C31H43NO10/c1-16-11-17(2)31-20(18(13-37-3)29(35)41-27(16)23(33)15-39-5)8-9-25(31)40-24-12-21(31)26(34)19(14-38-4)28(24)42-30(36)22-7-6-10-32-22/h6-11,16,18-21,23-28,32-34H,12-15H2,1-5H3/b17-11+/t16-,18-,19-,20-,21+,23-,24-,25-,26-,27+,28-,31+/m1/s1. The molecule has 1 spiro atoms. The molecule has 3 heterocycles. The molecular weight excluding hydrogens is 546 g/mol. The maximum atomic E-state index is 13.8. The van der Waals surface area contributed by atoms with E-state index in [2.05, 4.69) is 4.98 Å². The van der Waals surface area contributed by atoms with Crippen LogP contribution >= 0.6 is 0 Å². The summed E-state index contributed by atoms with van der Waals surface area (Å²) in [6.45, 7) is 4.14. The van der Waals surface area contributed by atoms with Crippen molar-refractivity contribution in [3.63, 3.8) is 0 Å². The second kappa shape index (κ2) is 12.6. The van der Waals surface area contributed by atoms with Crippen molar-refractivity contribution in [2.45, 2.75) is 56.9 Å². The fourth-order valence-electron chi connectivity index (χ4n) is 8.03. The summed E-state index contributed by atoms with van der Waals surface area (Å²) in [7, 11) is 4.56. The van der Waals surface area contributed by atoms with Crippen molar-refractivity contribution in [3.05, 3.63) is 47.8 Å². The molecule has 1 saturated heterocycles. The van der Waals surface area contributed by atoms with Crippen molar-refractivity contribution in [3.8, 4) is 0 Å². The van der Waals surface area contributed by atoms with Crippen LogP contribution in [0.25, 0.3) is 0 Å². The quantitative estimate of drug-likeness (QED) is 0.288. The molecule has 11 heteroatoms. The lowest BCUT2D eigenvalue weighted by molar-refractivity contribution is -0.248. The first kappa shape index (κ1) is 30.9. The van der Waals surface area contributed by atoms with E-state index in [1.807, 2.05) is 32.1 Å². The molecule has 5 rings (SSSR count). The number of carbonyl (C=O) groups is 2. The number of hydrogen-bond donors (Lipinski definition) is 3. The molecule has 0 amide bonds. The number of aromatic amines is 1. The molecular formula is C31H43NO10. The number of aliphatic hydroxyl groups is 2. The Bertz CT molecular complexity index is 1170. The molecule has 1 saturated carbocycles. The Balaban J connectivity index is 1.57. The molecule has 2 fully saturated rings. The number of nitrogens with one attached hydrogen (secondary N) is 1. The van der Waals surface area contributed by atoms with Crippen LogP contribution in [0.2, 0.25) is 0 Å². The van der Waals surface area contributed by atoms with Crippen molar-refractivity contribution in [1.29, 1.82) is 0 Å². The number of rotatable bonds is 9. The molecule has 2 aliphatic carbocycles. The Kier molecular flexibility index (Phi) is 9.27. The summed E-state index contributed by atoms with van der Waals surface area (Å²) in [6, 6.07) is 3.35. The lowest BCUT2D eigenvalue weighted by Gasteiger charge is -2.59. The SMILES string of the molecule is COC[C@@H]1[C@@H](O)[C@@H]2C[C@@H](O[C@@H]3C=C[C@@H]4[C@@H](COC)C(=O)O[C@H]([C@H](O)COC)[C@H](C)/C=C(\C)[C@@]432)[C@@H]1OC(=O)c1ccc[nH]1. The summed E-state index contributed by atoms with van der Waals surface area (Å²) >= 11 is 0. The molecule has 0 radical (unpaired) electrons. The third-order valence-electron chi connectivity index (χ3n) is 9.76. The summed E-state index contributed by atoms with van der Waals surface area (Å²) in [6.07, 6.45) is 3.44. The molecule has 11 nitrogen and oxygen atoms in total. The predicted molar refractivity (Wildman–Crippen MR) is 149 cm³/mol. The molecule has 42 heavy (non-hydrogen) atoms. The van der Waals surface area contributed by atoms with E-state index in [4.69, 9.17) is 28.4 Å². The van der Waals surface area contributed by atoms with Crippen molar-refractivity contribution in [2.75, 3.05) is 41.2 Å². The molecule has 0 aromatic carbocycles. The minimum Gasteiger partial charge on any atom is -0.459 e. The summed E-state index contributed by atoms with van der Waals surface area (Å²) in [5, 5.41) is 23.0. The van der Waals surface area contributed by atoms with E-state index in [1.54, 1.807) is 25.4 Å². The number of hydrogen-bond acceptors (Lipinski definition) is 10. The number of methoxy groups -OCH3 is 3. The fraction of sp³-hybridized carbons (Fsp3) is 0.677. The first-order valence-corrected chi connectivity index (χ1v) is 14.6. The van der Waals surface area contributed by atoms with Crippen LogP contribution in [-0.2, 0) is 33.2 Å². The van der Waals surface area contributed by atoms with Gasteiger partial charge in [-0.15, -0.1) is 0 Å². The van der Waals surface area contributed by atoms with Gasteiger partial charge in [0.15, 0.2) is 0 Å². The molecule has 4 aliphatic rings. The van der Waals surface area contributed by atoms with E-state index in [9.17, 15) is 19.8 Å². The van der Waals surface area contributed by atoms with E-state index in [0.717, 1.165) is 5.57 Å². The number of H-pyrrole nitrogens is 1. The van der Waals surface area contributed by atoms with Crippen LogP contribution in [0.5, 0.6) is 0 Å². The number of allylic oxidation sites excluding steroid dienone is 1. The van der Waals surface area contributed by atoms with Gasteiger partial charge in [0.2, 0.25) is 0 Å². The first-order chi connectivity index (χ1) is 20.2. The van der Waals surface area contributed by atoms with Gasteiger partial charge in [-0.1, -0.05) is 30.7 Å². The van der Waals surface area contributed by atoms with E-state index >= 15 is 0 Å². The monoisotopic (exact) mass is 589 g/mol. The summed E-state index contributed by atoms with van der Waals surface area (Å²) in [4.78, 5) is 29.7. The Morgan fingerprint density at radius 2 is 1.95 bits per heavy atom. The third kappa shape index (κ3) is 5.14. The Hall–Kier alpha value is -2.54. The molecule has 232 valence electrons. The second-order valence-electron chi connectivity index (χ2n) is 12.0. The Labute approximate surface area is 246 Å². The van der Waals surface area contributed by atoms with Gasteiger partial charge in [-0.25, -0.2) is 4.79 Å². The maximum Gasteiger partial charge on any atom is 0.355 e. The molecule has 2 aliphatic heterocycles. The van der Waals surface area contributed by atoms with E-state index in [1.165, 1.54) is 14.2 Å². The van der Waals surface area contributed by atoms with E-state index in [-0.39, 0.29) is 31.7 Å². The van der Waals surface area contributed by atoms with Gasteiger partial charge in [0.1, 0.15) is 24.0 Å². The Morgan fingerprint density at radius 3 is 2.62 bits per heavy atom. The Morgan fingerprint density at radius 1 is 1.19 bits per heavy atom. The van der Waals surface area contributed by atoms with Gasteiger partial charge in [-0.05, 0) is 25.5 Å². The molecule has 1 aromatic rings. The molecule has 2 bridgehead atoms. The number of fused-ring (bicyclic) bond motifs is 2. The highest BCUT2D eigenvalue weighted by Gasteiger charge is 2.67. The van der Waals surface area contributed by atoms with Gasteiger partial charge in [-0.3, -0.25) is 4.79 Å². The smallest absolute Gasteiger partial charge is 0.355 e. The molecule has 3 N–H and O–H groups in total. The number of aliphatic hydroxyl groups excluding tert-OH is 2. The molecule has 1 aromatic heterocycles. The number of esters is 2.